The maximum absolute atomic E-state index is 12.8. The first kappa shape index (κ1) is 20.8. The van der Waals surface area contributed by atoms with Crippen molar-refractivity contribution in [3.8, 4) is 0 Å². The van der Waals surface area contributed by atoms with Gasteiger partial charge < -0.3 is 15.1 Å². The third kappa shape index (κ3) is 4.94. The highest BCUT2D eigenvalue weighted by Crippen LogP contribution is 2.23. The molecule has 1 saturated heterocycles. The van der Waals surface area contributed by atoms with E-state index in [-0.39, 0.29) is 11.8 Å². The van der Waals surface area contributed by atoms with Crippen molar-refractivity contribution in [1.29, 1.82) is 0 Å². The molecule has 0 atom stereocenters. The number of anilines is 2. The number of rotatable bonds is 6. The summed E-state index contributed by atoms with van der Waals surface area (Å²) in [6.45, 7) is 9.65. The maximum Gasteiger partial charge on any atom is 0.257 e. The predicted molar refractivity (Wildman–Crippen MR) is 117 cm³/mol. The van der Waals surface area contributed by atoms with E-state index in [0.29, 0.717) is 11.1 Å². The van der Waals surface area contributed by atoms with Crippen LogP contribution in [0.4, 0.5) is 11.4 Å². The topological polar surface area (TPSA) is 65.5 Å². The van der Waals surface area contributed by atoms with Crippen LogP contribution in [-0.2, 0) is 0 Å². The molecule has 2 heterocycles. The lowest BCUT2D eigenvalue weighted by Crippen LogP contribution is -2.35. The van der Waals surface area contributed by atoms with Gasteiger partial charge in [-0.2, -0.15) is 0 Å². The summed E-state index contributed by atoms with van der Waals surface area (Å²) in [7, 11) is 0. The molecule has 6 heteroatoms. The van der Waals surface area contributed by atoms with Crippen LogP contribution < -0.4 is 10.2 Å². The highest BCUT2D eigenvalue weighted by atomic mass is 16.2. The van der Waals surface area contributed by atoms with E-state index < -0.39 is 0 Å². The van der Waals surface area contributed by atoms with Gasteiger partial charge in [0.05, 0.1) is 11.1 Å². The molecule has 0 unspecified atom stereocenters. The standard InChI is InChI=1S/C23H30N4O2/c1-4-26(5-2)20-9-10-21(17(3)13-20)25-22(28)18-14-19(16-24-15-18)23(29)27-11-7-6-8-12-27/h9-10,13-16H,4-8,11-12H2,1-3H3,(H,25,28). The Morgan fingerprint density at radius 1 is 1.03 bits per heavy atom. The number of benzene rings is 1. The van der Waals surface area contributed by atoms with Crippen LogP contribution in [-0.4, -0.2) is 47.9 Å². The quantitative estimate of drug-likeness (QED) is 0.801. The van der Waals surface area contributed by atoms with Crippen molar-refractivity contribution in [3.63, 3.8) is 0 Å². The minimum Gasteiger partial charge on any atom is -0.372 e. The number of aromatic nitrogens is 1. The fourth-order valence-corrected chi connectivity index (χ4v) is 3.73. The van der Waals surface area contributed by atoms with Crippen LogP contribution in [0.25, 0.3) is 0 Å². The summed E-state index contributed by atoms with van der Waals surface area (Å²) in [5, 5.41) is 2.95. The number of carbonyl (C=O) groups excluding carboxylic acids is 2. The molecule has 0 radical (unpaired) electrons. The van der Waals surface area contributed by atoms with Gasteiger partial charge in [0.2, 0.25) is 0 Å². The molecule has 1 aromatic carbocycles. The van der Waals surface area contributed by atoms with E-state index in [4.69, 9.17) is 0 Å². The van der Waals surface area contributed by atoms with Crippen molar-refractivity contribution in [2.45, 2.75) is 40.0 Å². The highest BCUT2D eigenvalue weighted by Gasteiger charge is 2.20. The van der Waals surface area contributed by atoms with Crippen LogP contribution in [0, 0.1) is 6.92 Å². The van der Waals surface area contributed by atoms with Crippen LogP contribution in [0.5, 0.6) is 0 Å². The molecule has 6 nitrogen and oxygen atoms in total. The molecule has 0 saturated carbocycles. The molecule has 2 amide bonds. The number of hydrogen-bond donors (Lipinski definition) is 1. The van der Waals surface area contributed by atoms with Crippen molar-refractivity contribution in [3.05, 3.63) is 53.3 Å². The van der Waals surface area contributed by atoms with Crippen LogP contribution in [0.1, 0.15) is 59.4 Å². The van der Waals surface area contributed by atoms with Gasteiger partial charge >= 0.3 is 0 Å². The predicted octanol–water partition coefficient (Wildman–Crippen LogP) is 4.11. The minimum absolute atomic E-state index is 0.0494. The van der Waals surface area contributed by atoms with Gasteiger partial charge in [-0.1, -0.05) is 0 Å². The number of amides is 2. The molecule has 0 aliphatic carbocycles. The Morgan fingerprint density at radius 3 is 2.38 bits per heavy atom. The van der Waals surface area contributed by atoms with Gasteiger partial charge in [-0.3, -0.25) is 14.6 Å². The summed E-state index contributed by atoms with van der Waals surface area (Å²) in [5.74, 6) is -0.309. The van der Waals surface area contributed by atoms with E-state index in [1.807, 2.05) is 24.0 Å². The third-order valence-corrected chi connectivity index (χ3v) is 5.48. The number of piperidine rings is 1. The van der Waals surface area contributed by atoms with Crippen LogP contribution in [0.3, 0.4) is 0 Å². The molecule has 1 aliphatic heterocycles. The number of hydrogen-bond acceptors (Lipinski definition) is 4. The normalized spacial score (nSPS) is 13.8. The van der Waals surface area contributed by atoms with E-state index in [1.54, 1.807) is 6.07 Å². The molecule has 29 heavy (non-hydrogen) atoms. The van der Waals surface area contributed by atoms with Gasteiger partial charge in [-0.25, -0.2) is 0 Å². The average Bonchev–Trinajstić information content (AvgIpc) is 2.76. The van der Waals surface area contributed by atoms with Crippen LogP contribution in [0.2, 0.25) is 0 Å². The lowest BCUT2D eigenvalue weighted by molar-refractivity contribution is 0.0724. The molecule has 2 aromatic rings. The van der Waals surface area contributed by atoms with Crippen molar-refractivity contribution in [2.75, 3.05) is 36.4 Å². The number of aryl methyl sites for hydroxylation is 1. The summed E-state index contributed by atoms with van der Waals surface area (Å²) >= 11 is 0. The van der Waals surface area contributed by atoms with Gasteiger partial charge in [0.25, 0.3) is 11.8 Å². The number of carbonyl (C=O) groups is 2. The first-order valence-electron chi connectivity index (χ1n) is 10.4. The minimum atomic E-state index is -0.260. The van der Waals surface area contributed by atoms with E-state index in [1.165, 1.54) is 12.4 Å². The summed E-state index contributed by atoms with van der Waals surface area (Å²) < 4.78 is 0. The second-order valence-corrected chi connectivity index (χ2v) is 7.44. The van der Waals surface area contributed by atoms with Crippen molar-refractivity contribution in [1.82, 2.24) is 9.88 Å². The largest absolute Gasteiger partial charge is 0.372 e. The Hall–Kier alpha value is -2.89. The summed E-state index contributed by atoms with van der Waals surface area (Å²) in [4.78, 5) is 33.7. The maximum atomic E-state index is 12.8. The van der Waals surface area contributed by atoms with E-state index in [9.17, 15) is 9.59 Å². The van der Waals surface area contributed by atoms with Gasteiger partial charge in [0.15, 0.2) is 0 Å². The molecular formula is C23H30N4O2. The third-order valence-electron chi connectivity index (χ3n) is 5.48. The van der Waals surface area contributed by atoms with Gasteiger partial charge in [0.1, 0.15) is 0 Å². The first-order chi connectivity index (χ1) is 14.0. The highest BCUT2D eigenvalue weighted by molar-refractivity contribution is 6.06. The molecule has 1 aromatic heterocycles. The van der Waals surface area contributed by atoms with E-state index in [2.05, 4.69) is 35.1 Å². The number of nitrogens with one attached hydrogen (secondary N) is 1. The van der Waals surface area contributed by atoms with Crippen LogP contribution >= 0.6 is 0 Å². The smallest absolute Gasteiger partial charge is 0.257 e. The fourth-order valence-electron chi connectivity index (χ4n) is 3.73. The Balaban J connectivity index is 1.73. The summed E-state index contributed by atoms with van der Waals surface area (Å²) in [5.41, 5.74) is 3.75. The number of likely N-dealkylation sites (tertiary alicyclic amines) is 1. The summed E-state index contributed by atoms with van der Waals surface area (Å²) in [6.07, 6.45) is 6.26. The van der Waals surface area contributed by atoms with E-state index in [0.717, 1.165) is 62.4 Å². The zero-order valence-electron chi connectivity index (χ0n) is 17.6. The Labute approximate surface area is 172 Å². The molecule has 1 aliphatic rings. The zero-order chi connectivity index (χ0) is 20.8. The molecule has 0 bridgehead atoms. The molecule has 0 spiro atoms. The van der Waals surface area contributed by atoms with Crippen molar-refractivity contribution < 1.29 is 9.59 Å². The van der Waals surface area contributed by atoms with Crippen LogP contribution in [0.15, 0.2) is 36.7 Å². The lowest BCUT2D eigenvalue weighted by atomic mass is 10.1. The van der Waals surface area contributed by atoms with Gasteiger partial charge in [-0.15, -0.1) is 0 Å². The van der Waals surface area contributed by atoms with Crippen molar-refractivity contribution >= 4 is 23.2 Å². The lowest BCUT2D eigenvalue weighted by Gasteiger charge is -2.26. The monoisotopic (exact) mass is 394 g/mol. The first-order valence-corrected chi connectivity index (χ1v) is 10.4. The van der Waals surface area contributed by atoms with Gasteiger partial charge in [-0.05, 0) is 69.9 Å². The zero-order valence-corrected chi connectivity index (χ0v) is 17.6. The average molecular weight is 395 g/mol. The molecular weight excluding hydrogens is 364 g/mol. The van der Waals surface area contributed by atoms with E-state index >= 15 is 0 Å². The Bertz CT molecular complexity index is 871. The Morgan fingerprint density at radius 2 is 1.72 bits per heavy atom. The molecule has 3 rings (SSSR count). The Kier molecular flexibility index (Phi) is 6.86. The fraction of sp³-hybridized carbons (Fsp3) is 0.435. The van der Waals surface area contributed by atoms with Crippen molar-refractivity contribution in [2.24, 2.45) is 0 Å². The second-order valence-electron chi connectivity index (χ2n) is 7.44. The second kappa shape index (κ2) is 9.54. The number of nitrogens with zero attached hydrogens (tertiary/aromatic N) is 3. The SMILES string of the molecule is CCN(CC)c1ccc(NC(=O)c2cncc(C(=O)N3CCCCC3)c2)c(C)c1. The summed E-state index contributed by atoms with van der Waals surface area (Å²) in [6, 6.07) is 7.66. The van der Waals surface area contributed by atoms with Gasteiger partial charge in [0, 0.05) is 49.9 Å². The molecule has 1 fully saturated rings. The molecule has 1 N–H and O–H groups in total. The molecule has 154 valence electrons. The number of pyridine rings is 1.